The number of hydrogen-bond donors (Lipinski definition) is 8. The van der Waals surface area contributed by atoms with Crippen LogP contribution in [0.4, 0.5) is 10.5 Å². The molecule has 28 heteroatoms. The van der Waals surface area contributed by atoms with Crippen molar-refractivity contribution in [2.45, 2.75) is 246 Å². The zero-order valence-electron chi connectivity index (χ0n) is 54.5. The molecule has 8 saturated heterocycles. The van der Waals surface area contributed by atoms with Gasteiger partial charge in [-0.1, -0.05) is 32.2 Å². The Balaban J connectivity index is 0.693. The SMILES string of the molecule is C=C1CC2CC[C@]34C[C@@H](O)C(O3)[C@H]3CC(O4)[C@H]4OC(CC[C@@H]4O3)CC(=O)CC3C(C[C@H]4O[C@@H](CCC1O2)C[C@@H](C)C4=C)OC(CC(O)CNC(=O)OCc1ccc(NC(=O)C(CC(N)=O)NC(=O)[C@H](C)NC(=O)C(C)NC(=O)CCOCCN2C(=O)C=CC2=O)cc1)[C@@H]3OC. The van der Waals surface area contributed by atoms with Crippen LogP contribution in [0.25, 0.3) is 0 Å². The Hall–Kier alpha value is -6.57. The van der Waals surface area contributed by atoms with Gasteiger partial charge in [-0.15, -0.1) is 0 Å². The molecule has 8 fully saturated rings. The van der Waals surface area contributed by atoms with Gasteiger partial charge < -0.3 is 89.9 Å². The van der Waals surface area contributed by atoms with Crippen LogP contribution in [0.1, 0.15) is 129 Å². The summed E-state index contributed by atoms with van der Waals surface area (Å²) >= 11 is 0. The molecule has 11 unspecified atom stereocenters. The van der Waals surface area contributed by atoms with Crippen LogP contribution in [0.2, 0.25) is 0 Å². The number of benzene rings is 1. The Kier molecular flexibility index (Phi) is 23.8. The molecule has 28 nitrogen and oxygen atoms in total. The zero-order chi connectivity index (χ0) is 67.8. The largest absolute Gasteiger partial charge is 0.445 e. The average Bonchev–Trinajstić information content (AvgIpc) is 1.62. The molecule has 1 spiro atoms. The number of nitrogens with one attached hydrogen (secondary N) is 5. The van der Waals surface area contributed by atoms with E-state index >= 15 is 0 Å². The molecule has 95 heavy (non-hydrogen) atoms. The van der Waals surface area contributed by atoms with Crippen molar-refractivity contribution in [2.75, 3.05) is 38.7 Å². The summed E-state index contributed by atoms with van der Waals surface area (Å²) < 4.78 is 64.3. The van der Waals surface area contributed by atoms with Crippen molar-refractivity contribution in [3.8, 4) is 0 Å². The first-order valence-electron chi connectivity index (χ1n) is 33.4. The highest BCUT2D eigenvalue weighted by atomic mass is 16.7. The highest BCUT2D eigenvalue weighted by Crippen LogP contribution is 2.49. The highest BCUT2D eigenvalue weighted by Gasteiger charge is 2.60. The van der Waals surface area contributed by atoms with E-state index in [0.717, 1.165) is 47.5 Å². The van der Waals surface area contributed by atoms with Crippen LogP contribution >= 0.6 is 0 Å². The Bertz CT molecular complexity index is 3020. The minimum atomic E-state index is -1.46. The van der Waals surface area contributed by atoms with Gasteiger partial charge >= 0.3 is 6.09 Å². The molecule has 9 N–H and O–H groups in total. The van der Waals surface area contributed by atoms with Crippen LogP contribution in [0.15, 0.2) is 60.7 Å². The Morgan fingerprint density at radius 2 is 1.47 bits per heavy atom. The number of ether oxygens (including phenoxy) is 10. The molecule has 1 aromatic carbocycles. The van der Waals surface area contributed by atoms with Gasteiger partial charge in [0.2, 0.25) is 29.5 Å². The lowest BCUT2D eigenvalue weighted by Crippen LogP contribution is -2.58. The number of hydrogen-bond acceptors (Lipinski definition) is 21. The van der Waals surface area contributed by atoms with Crippen LogP contribution in [-0.2, 0) is 92.3 Å². The first-order chi connectivity index (χ1) is 45.4. The number of anilines is 1. The topological polar surface area (TPSA) is 376 Å². The van der Waals surface area contributed by atoms with Crippen molar-refractivity contribution in [2.24, 2.45) is 17.6 Å². The molecular formula is C67H93N7O21. The first-order valence-corrected chi connectivity index (χ1v) is 33.4. The van der Waals surface area contributed by atoms with Crippen LogP contribution < -0.4 is 32.3 Å². The van der Waals surface area contributed by atoms with Crippen molar-refractivity contribution >= 4 is 58.9 Å². The second-order valence-electron chi connectivity index (χ2n) is 26.9. The maximum atomic E-state index is 14.5. The summed E-state index contributed by atoms with van der Waals surface area (Å²) in [6.07, 6.45) is 0.830. The molecule has 0 aromatic heterocycles. The number of ketones is 1. The van der Waals surface area contributed by atoms with E-state index in [0.29, 0.717) is 56.9 Å². The fourth-order valence-corrected chi connectivity index (χ4v) is 14.7. The second kappa shape index (κ2) is 31.7. The lowest BCUT2D eigenvalue weighted by molar-refractivity contribution is -0.277. The third kappa shape index (κ3) is 18.2. The predicted molar refractivity (Wildman–Crippen MR) is 335 cm³/mol. The number of aliphatic hydroxyl groups is 2. The maximum absolute atomic E-state index is 14.5. The Morgan fingerprint density at radius 3 is 2.22 bits per heavy atom. The van der Waals surface area contributed by atoms with Gasteiger partial charge in [-0.25, -0.2) is 4.79 Å². The number of Topliss-reactive ketones (excluding diaryl/α,β-unsaturated/α-hetero) is 1. The summed E-state index contributed by atoms with van der Waals surface area (Å²) in [7, 11) is 1.56. The van der Waals surface area contributed by atoms with E-state index in [9.17, 15) is 53.4 Å². The molecule has 9 heterocycles. The number of carbonyl (C=O) groups is 9. The number of aliphatic hydroxyl groups excluding tert-OH is 2. The van der Waals surface area contributed by atoms with E-state index < -0.39 is 133 Å². The van der Waals surface area contributed by atoms with E-state index in [4.69, 9.17) is 53.1 Å². The highest BCUT2D eigenvalue weighted by molar-refractivity contribution is 6.12. The van der Waals surface area contributed by atoms with Gasteiger partial charge in [0.05, 0.1) is 106 Å². The summed E-state index contributed by atoms with van der Waals surface area (Å²) in [4.78, 5) is 116. The Labute approximate surface area is 552 Å². The van der Waals surface area contributed by atoms with Gasteiger partial charge in [0.25, 0.3) is 11.8 Å². The normalized spacial score (nSPS) is 34.2. The van der Waals surface area contributed by atoms with E-state index in [-0.39, 0.29) is 119 Å². The summed E-state index contributed by atoms with van der Waals surface area (Å²) in [5, 5.41) is 35.3. The number of nitrogens with zero attached hydrogens (tertiary/aromatic N) is 1. The zero-order valence-corrected chi connectivity index (χ0v) is 54.5. The number of primary amides is 1. The molecule has 9 aliphatic rings. The second-order valence-corrected chi connectivity index (χ2v) is 26.9. The molecule has 9 aliphatic heterocycles. The van der Waals surface area contributed by atoms with Crippen molar-refractivity contribution in [1.29, 1.82) is 0 Å². The van der Waals surface area contributed by atoms with Gasteiger partial charge in [0.15, 0.2) is 5.79 Å². The molecule has 10 bridgehead atoms. The minimum absolute atomic E-state index is 0.00457. The average molecular weight is 1330 g/mol. The quantitative estimate of drug-likeness (QED) is 0.0468. The molecular weight excluding hydrogens is 1240 g/mol. The number of carbonyl (C=O) groups excluding carboxylic acids is 9. The van der Waals surface area contributed by atoms with Crippen LogP contribution in [0.3, 0.4) is 0 Å². The molecule has 10 rings (SSSR count). The third-order valence-electron chi connectivity index (χ3n) is 19.8. The van der Waals surface area contributed by atoms with Gasteiger partial charge in [0.1, 0.15) is 42.7 Å². The number of amides is 8. The van der Waals surface area contributed by atoms with Crippen LogP contribution in [-0.4, -0.2) is 217 Å². The molecule has 21 atom stereocenters. The molecule has 0 radical (unpaired) electrons. The van der Waals surface area contributed by atoms with E-state index in [2.05, 4.69) is 46.7 Å². The molecule has 522 valence electrons. The molecule has 1 aromatic rings. The number of methoxy groups -OCH3 is 1. The van der Waals surface area contributed by atoms with Crippen molar-refractivity contribution < 1.29 is 101 Å². The summed E-state index contributed by atoms with van der Waals surface area (Å²) in [5.41, 5.74) is 8.17. The van der Waals surface area contributed by atoms with Crippen molar-refractivity contribution in [1.82, 2.24) is 26.2 Å². The van der Waals surface area contributed by atoms with Crippen molar-refractivity contribution in [3.05, 3.63) is 66.3 Å². The van der Waals surface area contributed by atoms with Gasteiger partial charge in [-0.05, 0) is 93.6 Å². The van der Waals surface area contributed by atoms with E-state index in [1.807, 2.05) is 0 Å². The molecule has 8 amide bonds. The van der Waals surface area contributed by atoms with Crippen molar-refractivity contribution in [3.63, 3.8) is 0 Å². The summed E-state index contributed by atoms with van der Waals surface area (Å²) in [5.74, 6) is -6.09. The number of fused-ring (bicyclic) bond motifs is 9. The number of imide groups is 1. The third-order valence-corrected chi connectivity index (χ3v) is 19.8. The maximum Gasteiger partial charge on any atom is 0.407 e. The monoisotopic (exact) mass is 1330 g/mol. The summed E-state index contributed by atoms with van der Waals surface area (Å²) in [6, 6.07) is 2.37. The Morgan fingerprint density at radius 1 is 0.758 bits per heavy atom. The molecule has 0 saturated carbocycles. The predicted octanol–water partition coefficient (Wildman–Crippen LogP) is 2.03. The fourth-order valence-electron chi connectivity index (χ4n) is 14.7. The number of nitrogens with two attached hydrogens (primary N) is 1. The van der Waals surface area contributed by atoms with Crippen LogP contribution in [0, 0.1) is 11.8 Å². The smallest absolute Gasteiger partial charge is 0.407 e. The summed E-state index contributed by atoms with van der Waals surface area (Å²) in [6.45, 7) is 13.3. The van der Waals surface area contributed by atoms with E-state index in [1.54, 1.807) is 19.2 Å². The van der Waals surface area contributed by atoms with Crippen LogP contribution in [0.5, 0.6) is 0 Å². The minimum Gasteiger partial charge on any atom is -0.445 e. The first kappa shape index (κ1) is 71.2. The lowest BCUT2D eigenvalue weighted by atomic mass is 9.81. The van der Waals surface area contributed by atoms with Gasteiger partial charge in [-0.2, -0.15) is 0 Å². The molecule has 0 aliphatic carbocycles. The standard InChI is InChI=1S/C67H93N7O21/c1-34-23-43-11-13-49-35(2)24-45(89-49)17-19-67-31-48(77)61(95-67)54-30-55(94-67)62-50(92-54)14-12-44(91-62)25-41(75)26-46-52(29-51(90-43)36(34)3)93-53(60(46)86-6)27-42(76)32-69-66(85)88-33-39-7-9-40(10-8-39)72-65(84)47(28-56(68)78)73-64(83)38(5)71-63(82)37(4)70-57(79)18-21-87-22-20-74-58(80)15-16-59(74)81/h7-10,15-16,34,37-38,42-55,60-62,76-77H,2-3,11-14,17-33H2,1,4-6H3,(H2,68,78)(H,69,85)(H,70,79)(H,71,82)(H,72,84)(H,73,83)/t34-,37?,38+,42?,43+,44?,45?,46?,47?,48-,49?,50+,51-,52?,53?,54-,55?,60-,61?,62+,67-/m1/s1. The van der Waals surface area contributed by atoms with Gasteiger partial charge in [0, 0.05) is 88.8 Å². The van der Waals surface area contributed by atoms with E-state index in [1.165, 1.54) is 26.0 Å². The van der Waals surface area contributed by atoms with Gasteiger partial charge in [-0.3, -0.25) is 43.3 Å². The number of rotatable bonds is 22. The lowest BCUT2D eigenvalue weighted by Gasteiger charge is -2.47. The fraction of sp³-hybridized carbons (Fsp3) is 0.687. The number of alkyl carbamates (subject to hydrolysis) is 1.